The van der Waals surface area contributed by atoms with E-state index < -0.39 is 10.0 Å². The van der Waals surface area contributed by atoms with E-state index in [-0.39, 0.29) is 41.5 Å². The topological polar surface area (TPSA) is 98.2 Å². The molecule has 188 valence electrons. The molecule has 0 bridgehead atoms. The lowest BCUT2D eigenvalue weighted by molar-refractivity contribution is -0.141. The fraction of sp³-hybridized carbons (Fsp3) is 0.462. The minimum absolute atomic E-state index is 0.0387. The average Bonchev–Trinajstić information content (AvgIpc) is 2.89. The summed E-state index contributed by atoms with van der Waals surface area (Å²) in [6.45, 7) is 3.95. The van der Waals surface area contributed by atoms with Crippen LogP contribution in [-0.4, -0.2) is 78.7 Å². The number of phenols is 1. The van der Waals surface area contributed by atoms with E-state index in [1.165, 1.54) is 16.4 Å². The van der Waals surface area contributed by atoms with Crippen LogP contribution in [0, 0.1) is 12.8 Å². The minimum atomic E-state index is -3.83. The first-order chi connectivity index (χ1) is 16.8. The molecule has 2 aliphatic heterocycles. The van der Waals surface area contributed by atoms with Crippen molar-refractivity contribution in [2.75, 3.05) is 39.3 Å². The van der Waals surface area contributed by atoms with E-state index in [4.69, 9.17) is 0 Å². The Balaban J connectivity index is 1.25. The summed E-state index contributed by atoms with van der Waals surface area (Å²) in [4.78, 5) is 29.2. The molecule has 0 spiro atoms. The Morgan fingerprint density at radius 3 is 2.23 bits per heavy atom. The van der Waals surface area contributed by atoms with Gasteiger partial charge in [0.05, 0.1) is 0 Å². The largest absolute Gasteiger partial charge is 0.507 e. The first kappa shape index (κ1) is 25.2. The molecule has 4 rings (SSSR count). The number of likely N-dealkylation sites (tertiary alicyclic amines) is 1. The molecule has 2 aromatic carbocycles. The van der Waals surface area contributed by atoms with Crippen LogP contribution in [0.25, 0.3) is 0 Å². The van der Waals surface area contributed by atoms with Gasteiger partial charge in [-0.25, -0.2) is 8.42 Å². The highest BCUT2D eigenvalue weighted by Crippen LogP contribution is 2.28. The highest BCUT2D eigenvalue weighted by Gasteiger charge is 2.35. The van der Waals surface area contributed by atoms with Crippen LogP contribution in [0.2, 0.25) is 0 Å². The Kier molecular flexibility index (Phi) is 7.76. The van der Waals surface area contributed by atoms with Crippen molar-refractivity contribution in [1.82, 2.24) is 14.1 Å². The summed E-state index contributed by atoms with van der Waals surface area (Å²) in [5.74, 6) is -0.244. The molecule has 2 fully saturated rings. The molecule has 2 amide bonds. The maximum absolute atomic E-state index is 13.1. The molecule has 2 aromatic rings. The molecule has 9 heteroatoms. The molecule has 35 heavy (non-hydrogen) atoms. The number of hydrogen-bond donors (Lipinski definition) is 1. The molecule has 0 atom stereocenters. The highest BCUT2D eigenvalue weighted by molar-refractivity contribution is 7.89. The number of carbonyl (C=O) groups is 2. The number of sulfonamides is 1. The zero-order valence-electron chi connectivity index (χ0n) is 20.1. The fourth-order valence-electron chi connectivity index (χ4n) is 4.80. The summed E-state index contributed by atoms with van der Waals surface area (Å²) < 4.78 is 27.3. The van der Waals surface area contributed by atoms with Crippen LogP contribution in [0.4, 0.5) is 0 Å². The number of phenolic OH excluding ortho intramolecular Hbond substituents is 1. The molecular formula is C26H33N3O5S. The van der Waals surface area contributed by atoms with E-state index in [1.807, 2.05) is 35.2 Å². The van der Waals surface area contributed by atoms with Crippen LogP contribution in [0.5, 0.6) is 5.75 Å². The third-order valence-electron chi connectivity index (χ3n) is 6.95. The van der Waals surface area contributed by atoms with Crippen molar-refractivity contribution in [1.29, 1.82) is 0 Å². The molecule has 8 nitrogen and oxygen atoms in total. The summed E-state index contributed by atoms with van der Waals surface area (Å²) in [5, 5.41) is 10.1. The van der Waals surface area contributed by atoms with Gasteiger partial charge in [0, 0.05) is 51.6 Å². The summed E-state index contributed by atoms with van der Waals surface area (Å²) in [6.07, 6.45) is 2.44. The van der Waals surface area contributed by atoms with Crippen LogP contribution in [0.3, 0.4) is 0 Å². The summed E-state index contributed by atoms with van der Waals surface area (Å²) >= 11 is 0. The van der Waals surface area contributed by atoms with Crippen LogP contribution in [0.15, 0.2) is 53.4 Å². The van der Waals surface area contributed by atoms with Gasteiger partial charge in [0.25, 0.3) is 0 Å². The van der Waals surface area contributed by atoms with E-state index in [9.17, 15) is 23.1 Å². The number of piperidine rings is 1. The maximum atomic E-state index is 13.1. The second-order valence-corrected chi connectivity index (χ2v) is 11.2. The van der Waals surface area contributed by atoms with Crippen LogP contribution in [0.1, 0.15) is 30.4 Å². The predicted octanol–water partition coefficient (Wildman–Crippen LogP) is 2.40. The number of carbonyl (C=O) groups excluding carboxylic acids is 2. The van der Waals surface area contributed by atoms with Gasteiger partial charge in [-0.15, -0.1) is 0 Å². The number of aryl methyl sites for hydroxylation is 2. The lowest BCUT2D eigenvalue weighted by Crippen LogP contribution is -2.53. The lowest BCUT2D eigenvalue weighted by atomic mass is 9.94. The average molecular weight is 500 g/mol. The zero-order valence-corrected chi connectivity index (χ0v) is 20.9. The van der Waals surface area contributed by atoms with Crippen molar-refractivity contribution in [3.63, 3.8) is 0 Å². The molecular weight excluding hydrogens is 466 g/mol. The van der Waals surface area contributed by atoms with Gasteiger partial charge in [-0.2, -0.15) is 4.31 Å². The Morgan fingerprint density at radius 2 is 1.57 bits per heavy atom. The lowest BCUT2D eigenvalue weighted by Gasteiger charge is -2.38. The van der Waals surface area contributed by atoms with Crippen molar-refractivity contribution in [2.24, 2.45) is 5.92 Å². The normalized spacial score (nSPS) is 18.0. The van der Waals surface area contributed by atoms with Gasteiger partial charge in [-0.05, 0) is 49.4 Å². The molecule has 2 aliphatic rings. The molecule has 1 N–H and O–H groups in total. The molecule has 0 saturated carbocycles. The molecule has 2 saturated heterocycles. The van der Waals surface area contributed by atoms with E-state index in [0.29, 0.717) is 51.9 Å². The number of nitrogens with zero attached hydrogens (tertiary/aromatic N) is 3. The van der Waals surface area contributed by atoms with Crippen molar-refractivity contribution in [2.45, 2.75) is 37.5 Å². The number of benzene rings is 2. The molecule has 0 radical (unpaired) electrons. The van der Waals surface area contributed by atoms with E-state index in [2.05, 4.69) is 0 Å². The second-order valence-electron chi connectivity index (χ2n) is 9.34. The highest BCUT2D eigenvalue weighted by atomic mass is 32.2. The summed E-state index contributed by atoms with van der Waals surface area (Å²) in [7, 11) is -3.83. The SMILES string of the molecule is Cc1ccc(O)c(S(=O)(=O)N2CCN(C(=O)C3CCN(C(=O)CCc4ccccc4)CC3)CC2)c1. The minimum Gasteiger partial charge on any atom is -0.507 e. The molecule has 0 aromatic heterocycles. The van der Waals surface area contributed by atoms with Gasteiger partial charge in [0.1, 0.15) is 10.6 Å². The van der Waals surface area contributed by atoms with Gasteiger partial charge < -0.3 is 14.9 Å². The number of piperazine rings is 1. The van der Waals surface area contributed by atoms with Crippen molar-refractivity contribution < 1.29 is 23.1 Å². The summed E-state index contributed by atoms with van der Waals surface area (Å²) in [5.41, 5.74) is 1.89. The number of amides is 2. The fourth-order valence-corrected chi connectivity index (χ4v) is 6.39. The van der Waals surface area contributed by atoms with Gasteiger partial charge in [-0.1, -0.05) is 36.4 Å². The van der Waals surface area contributed by atoms with Crippen LogP contribution >= 0.6 is 0 Å². The third kappa shape index (κ3) is 5.85. The summed E-state index contributed by atoms with van der Waals surface area (Å²) in [6, 6.07) is 14.5. The third-order valence-corrected chi connectivity index (χ3v) is 8.88. The number of hydrogen-bond acceptors (Lipinski definition) is 5. The first-order valence-corrected chi connectivity index (χ1v) is 13.6. The molecule has 0 aliphatic carbocycles. The predicted molar refractivity (Wildman–Crippen MR) is 132 cm³/mol. The Bertz CT molecular complexity index is 1150. The van der Waals surface area contributed by atoms with Crippen LogP contribution in [-0.2, 0) is 26.0 Å². The standard InChI is InChI=1S/C26H33N3O5S/c1-20-7-9-23(30)24(19-20)35(33,34)29-17-15-28(16-18-29)26(32)22-11-13-27(14-12-22)25(31)10-8-21-5-3-2-4-6-21/h2-7,9,19,22,30H,8,10-18H2,1H3. The maximum Gasteiger partial charge on any atom is 0.246 e. The Labute approximate surface area is 207 Å². The van der Waals surface area contributed by atoms with Gasteiger partial charge in [0.15, 0.2) is 0 Å². The first-order valence-electron chi connectivity index (χ1n) is 12.2. The van der Waals surface area contributed by atoms with Gasteiger partial charge in [0.2, 0.25) is 21.8 Å². The monoisotopic (exact) mass is 499 g/mol. The number of rotatable bonds is 6. The second kappa shape index (κ2) is 10.8. The van der Waals surface area contributed by atoms with Crippen molar-refractivity contribution in [3.8, 4) is 5.75 Å². The van der Waals surface area contributed by atoms with E-state index >= 15 is 0 Å². The zero-order chi connectivity index (χ0) is 25.0. The van der Waals surface area contributed by atoms with Crippen molar-refractivity contribution in [3.05, 3.63) is 59.7 Å². The van der Waals surface area contributed by atoms with E-state index in [1.54, 1.807) is 17.9 Å². The molecule has 0 unspecified atom stereocenters. The smallest absolute Gasteiger partial charge is 0.246 e. The molecule has 2 heterocycles. The van der Waals surface area contributed by atoms with Crippen molar-refractivity contribution >= 4 is 21.8 Å². The van der Waals surface area contributed by atoms with Crippen LogP contribution < -0.4 is 0 Å². The Morgan fingerprint density at radius 1 is 0.914 bits per heavy atom. The van der Waals surface area contributed by atoms with E-state index in [0.717, 1.165) is 11.1 Å². The van der Waals surface area contributed by atoms with Gasteiger partial charge >= 0.3 is 0 Å². The quantitative estimate of drug-likeness (QED) is 0.658. The Hall–Kier alpha value is -2.91. The number of aromatic hydroxyl groups is 1. The van der Waals surface area contributed by atoms with Gasteiger partial charge in [-0.3, -0.25) is 9.59 Å².